The molecule has 0 saturated carbocycles. The number of thioether (sulfide) groups is 1. The van der Waals surface area contributed by atoms with Crippen LogP contribution in [0.15, 0.2) is 34.2 Å². The molecular weight excluding hydrogens is 392 g/mol. The zero-order chi connectivity index (χ0) is 19.7. The van der Waals surface area contributed by atoms with Gasteiger partial charge in [0.15, 0.2) is 5.16 Å². The molecule has 1 N–H and O–H groups in total. The van der Waals surface area contributed by atoms with Crippen LogP contribution in [-0.4, -0.2) is 33.1 Å². The molecule has 0 unspecified atom stereocenters. The maximum atomic E-state index is 12.9. The fraction of sp³-hybridized carbons (Fsp3) is 0.429. The number of rotatable bonds is 6. The number of para-hydroxylation sites is 1. The summed E-state index contributed by atoms with van der Waals surface area (Å²) in [4.78, 5) is 19.8. The molecule has 5 nitrogen and oxygen atoms in total. The molecule has 0 saturated heterocycles. The van der Waals surface area contributed by atoms with Gasteiger partial charge in [0, 0.05) is 17.7 Å². The number of fused-ring (bicyclic) bond motifs is 3. The van der Waals surface area contributed by atoms with Gasteiger partial charge in [-0.3, -0.25) is 9.36 Å². The normalized spacial score (nSPS) is 14.8. The summed E-state index contributed by atoms with van der Waals surface area (Å²) < 4.78 is 7.33. The summed E-state index contributed by atoms with van der Waals surface area (Å²) >= 11 is 3.05. The minimum absolute atomic E-state index is 0.0255. The quantitative estimate of drug-likeness (QED) is 0.490. The van der Waals surface area contributed by atoms with Crippen molar-refractivity contribution < 1.29 is 9.84 Å². The first-order valence-corrected chi connectivity index (χ1v) is 11.4. The van der Waals surface area contributed by atoms with E-state index in [0.717, 1.165) is 40.8 Å². The van der Waals surface area contributed by atoms with Crippen molar-refractivity contribution in [3.8, 4) is 5.75 Å². The highest BCUT2D eigenvalue weighted by atomic mass is 32.2. The molecule has 1 atom stereocenters. The van der Waals surface area contributed by atoms with E-state index in [1.54, 1.807) is 23.0 Å². The highest BCUT2D eigenvalue weighted by Gasteiger charge is 2.21. The van der Waals surface area contributed by atoms with Gasteiger partial charge >= 0.3 is 0 Å². The molecule has 3 aromatic rings. The summed E-state index contributed by atoms with van der Waals surface area (Å²) in [5, 5.41) is 11.8. The Bertz CT molecular complexity index is 1060. The van der Waals surface area contributed by atoms with E-state index < -0.39 is 6.10 Å². The monoisotopic (exact) mass is 416 g/mol. The highest BCUT2D eigenvalue weighted by molar-refractivity contribution is 7.99. The topological polar surface area (TPSA) is 64.3 Å². The van der Waals surface area contributed by atoms with E-state index in [1.807, 2.05) is 31.2 Å². The smallest absolute Gasteiger partial charge is 0.262 e. The number of hydrogen-bond acceptors (Lipinski definition) is 6. The summed E-state index contributed by atoms with van der Waals surface area (Å²) in [6.07, 6.45) is 3.72. The SMILES string of the molecule is Cc1ccccc1OC[C@@H](O)CSc1nc2sc3c(c2c(=O)n1C)CCCC3. The Morgan fingerprint density at radius 3 is 2.93 bits per heavy atom. The van der Waals surface area contributed by atoms with Gasteiger partial charge in [-0.2, -0.15) is 0 Å². The Balaban J connectivity index is 1.46. The second-order valence-corrected chi connectivity index (χ2v) is 9.26. The summed E-state index contributed by atoms with van der Waals surface area (Å²) in [7, 11) is 1.76. The summed E-state index contributed by atoms with van der Waals surface area (Å²) in [5.74, 6) is 1.20. The van der Waals surface area contributed by atoms with Gasteiger partial charge in [-0.05, 0) is 49.8 Å². The molecule has 0 bridgehead atoms. The summed E-state index contributed by atoms with van der Waals surface area (Å²) in [6, 6.07) is 7.75. The Kier molecular flexibility index (Phi) is 5.75. The van der Waals surface area contributed by atoms with Crippen LogP contribution in [0.5, 0.6) is 5.75 Å². The van der Waals surface area contributed by atoms with E-state index >= 15 is 0 Å². The van der Waals surface area contributed by atoms with Gasteiger partial charge in [0.2, 0.25) is 0 Å². The van der Waals surface area contributed by atoms with Crippen LogP contribution < -0.4 is 10.3 Å². The van der Waals surface area contributed by atoms with Crippen LogP contribution in [0.2, 0.25) is 0 Å². The molecule has 0 aliphatic heterocycles. The van der Waals surface area contributed by atoms with Crippen LogP contribution in [0.3, 0.4) is 0 Å². The van der Waals surface area contributed by atoms with E-state index in [2.05, 4.69) is 0 Å². The van der Waals surface area contributed by atoms with Crippen molar-refractivity contribution in [1.29, 1.82) is 0 Å². The number of nitrogens with zero attached hydrogens (tertiary/aromatic N) is 2. The third kappa shape index (κ3) is 3.83. The van der Waals surface area contributed by atoms with E-state index in [9.17, 15) is 9.90 Å². The zero-order valence-electron chi connectivity index (χ0n) is 16.1. The van der Waals surface area contributed by atoms with Crippen molar-refractivity contribution >= 4 is 33.3 Å². The molecule has 2 aromatic heterocycles. The number of aliphatic hydroxyl groups is 1. The van der Waals surface area contributed by atoms with Crippen LogP contribution in [0.4, 0.5) is 0 Å². The third-order valence-corrected chi connectivity index (χ3v) is 7.45. The number of thiophene rings is 1. The predicted molar refractivity (Wildman–Crippen MR) is 115 cm³/mol. The number of aromatic nitrogens is 2. The molecule has 0 amide bonds. The molecule has 4 rings (SSSR count). The fourth-order valence-electron chi connectivity index (χ4n) is 3.52. The average Bonchev–Trinajstić information content (AvgIpc) is 3.07. The average molecular weight is 417 g/mol. The van der Waals surface area contributed by atoms with E-state index in [0.29, 0.717) is 10.9 Å². The summed E-state index contributed by atoms with van der Waals surface area (Å²) in [6.45, 7) is 2.19. The first-order valence-electron chi connectivity index (χ1n) is 9.55. The number of benzene rings is 1. The van der Waals surface area contributed by atoms with Crippen LogP contribution in [-0.2, 0) is 19.9 Å². The van der Waals surface area contributed by atoms with Gasteiger partial charge < -0.3 is 9.84 Å². The standard InChI is InChI=1S/C21H24N2O3S2/c1-13-7-3-5-9-16(13)26-11-14(24)12-27-21-22-19-18(20(25)23(21)2)15-8-4-6-10-17(15)28-19/h3,5,7,9,14,24H,4,6,8,10-12H2,1-2H3/t14-/m1/s1. The Labute approximate surface area is 172 Å². The van der Waals surface area contributed by atoms with Crippen molar-refractivity contribution in [3.63, 3.8) is 0 Å². The van der Waals surface area contributed by atoms with Crippen LogP contribution >= 0.6 is 23.1 Å². The fourth-order valence-corrected chi connectivity index (χ4v) is 5.70. The van der Waals surface area contributed by atoms with Crippen LogP contribution in [0.1, 0.15) is 28.8 Å². The molecule has 148 valence electrons. The minimum Gasteiger partial charge on any atom is -0.491 e. The molecule has 1 aromatic carbocycles. The van der Waals surface area contributed by atoms with Gasteiger partial charge in [-0.15, -0.1) is 11.3 Å². The van der Waals surface area contributed by atoms with Gasteiger partial charge in [0.25, 0.3) is 5.56 Å². The number of aliphatic hydroxyl groups excluding tert-OH is 1. The lowest BCUT2D eigenvalue weighted by atomic mass is 9.97. The molecule has 7 heteroatoms. The van der Waals surface area contributed by atoms with Crippen molar-refractivity contribution in [2.24, 2.45) is 7.05 Å². The molecule has 0 radical (unpaired) electrons. The van der Waals surface area contributed by atoms with Gasteiger partial charge in [-0.1, -0.05) is 30.0 Å². The zero-order valence-corrected chi connectivity index (χ0v) is 17.7. The van der Waals surface area contributed by atoms with E-state index in [1.165, 1.54) is 28.6 Å². The predicted octanol–water partition coefficient (Wildman–Crippen LogP) is 3.71. The van der Waals surface area contributed by atoms with Gasteiger partial charge in [0.1, 0.15) is 17.2 Å². The highest BCUT2D eigenvalue weighted by Crippen LogP contribution is 2.34. The van der Waals surface area contributed by atoms with Crippen molar-refractivity contribution in [3.05, 3.63) is 50.6 Å². The molecule has 0 fully saturated rings. The Hall–Kier alpha value is -1.83. The lowest BCUT2D eigenvalue weighted by molar-refractivity contribution is 0.126. The second-order valence-electron chi connectivity index (χ2n) is 7.19. The summed E-state index contributed by atoms with van der Waals surface area (Å²) in [5.41, 5.74) is 2.28. The molecule has 1 aliphatic carbocycles. The minimum atomic E-state index is -0.645. The Morgan fingerprint density at radius 2 is 2.11 bits per heavy atom. The van der Waals surface area contributed by atoms with Crippen molar-refractivity contribution in [1.82, 2.24) is 9.55 Å². The number of ether oxygens (including phenoxy) is 1. The van der Waals surface area contributed by atoms with E-state index in [-0.39, 0.29) is 12.2 Å². The first-order chi connectivity index (χ1) is 13.5. The van der Waals surface area contributed by atoms with E-state index in [4.69, 9.17) is 9.72 Å². The van der Waals surface area contributed by atoms with Crippen LogP contribution in [0.25, 0.3) is 10.2 Å². The number of aryl methyl sites for hydroxylation is 3. The molecule has 1 aliphatic rings. The molecule has 0 spiro atoms. The van der Waals surface area contributed by atoms with Crippen molar-refractivity contribution in [2.75, 3.05) is 12.4 Å². The van der Waals surface area contributed by atoms with Gasteiger partial charge in [0.05, 0.1) is 11.5 Å². The third-order valence-electron chi connectivity index (χ3n) is 5.08. The first kappa shape index (κ1) is 19.5. The van der Waals surface area contributed by atoms with Gasteiger partial charge in [-0.25, -0.2) is 4.98 Å². The second kappa shape index (κ2) is 8.27. The number of hydrogen-bond donors (Lipinski definition) is 1. The van der Waals surface area contributed by atoms with Crippen molar-refractivity contribution in [2.45, 2.75) is 43.9 Å². The lowest BCUT2D eigenvalue weighted by Gasteiger charge is -2.14. The molecular formula is C21H24N2O3S2. The maximum Gasteiger partial charge on any atom is 0.262 e. The lowest BCUT2D eigenvalue weighted by Crippen LogP contribution is -2.23. The largest absolute Gasteiger partial charge is 0.491 e. The molecule has 2 heterocycles. The van der Waals surface area contributed by atoms with Crippen LogP contribution in [0, 0.1) is 6.92 Å². The maximum absolute atomic E-state index is 12.9. The molecule has 28 heavy (non-hydrogen) atoms. The Morgan fingerprint density at radius 1 is 1.32 bits per heavy atom.